The van der Waals surface area contributed by atoms with Crippen LogP contribution in [0, 0.1) is 0 Å². The smallest absolute Gasteiger partial charge is 0.324 e. The number of likely N-dealkylation sites (N-methyl/N-ethyl adjacent to an activating group) is 1. The summed E-state index contributed by atoms with van der Waals surface area (Å²) in [5.41, 5.74) is 9.08. The van der Waals surface area contributed by atoms with Gasteiger partial charge in [0.2, 0.25) is 0 Å². The highest BCUT2D eigenvalue weighted by molar-refractivity contribution is 5.91. The van der Waals surface area contributed by atoms with Crippen LogP contribution >= 0.6 is 0 Å². The molecule has 2 aromatic rings. The Morgan fingerprint density at radius 2 is 1.33 bits per heavy atom. The van der Waals surface area contributed by atoms with Crippen molar-refractivity contribution >= 4 is 23.1 Å². The van der Waals surface area contributed by atoms with E-state index >= 15 is 0 Å². The van der Waals surface area contributed by atoms with Crippen molar-refractivity contribution in [3.8, 4) is 5.75 Å². The molecule has 0 bridgehead atoms. The first-order valence-electron chi connectivity index (χ1n) is 10.4. The highest BCUT2D eigenvalue weighted by atomic mass is 16.3. The number of piperazine rings is 1. The second-order valence-corrected chi connectivity index (χ2v) is 8.06. The van der Waals surface area contributed by atoms with E-state index in [-0.39, 0.29) is 18.1 Å². The number of amides is 2. The summed E-state index contributed by atoms with van der Waals surface area (Å²) in [7, 11) is 3.58. The van der Waals surface area contributed by atoms with Crippen molar-refractivity contribution in [2.24, 2.45) is 5.73 Å². The predicted molar refractivity (Wildman–Crippen MR) is 124 cm³/mol. The highest BCUT2D eigenvalue weighted by Gasteiger charge is 2.23. The van der Waals surface area contributed by atoms with Crippen molar-refractivity contribution in [1.29, 1.82) is 0 Å². The Bertz CT molecular complexity index is 830. The van der Waals surface area contributed by atoms with Crippen LogP contribution in [-0.2, 0) is 0 Å². The highest BCUT2D eigenvalue weighted by Crippen LogP contribution is 2.25. The maximum atomic E-state index is 12.7. The molecular formula is C23H33N5O2. The summed E-state index contributed by atoms with van der Waals surface area (Å²) in [6.07, 6.45) is 0. The number of hydrogen-bond donors (Lipinski definition) is 2. The van der Waals surface area contributed by atoms with Gasteiger partial charge in [-0.1, -0.05) is 0 Å². The number of anilines is 3. The van der Waals surface area contributed by atoms with E-state index in [0.29, 0.717) is 5.75 Å². The van der Waals surface area contributed by atoms with Gasteiger partial charge < -0.3 is 25.5 Å². The van der Waals surface area contributed by atoms with Crippen molar-refractivity contribution < 1.29 is 9.90 Å². The number of hydrogen-bond acceptors (Lipinski definition) is 5. The molecule has 3 rings (SSSR count). The molecule has 0 spiro atoms. The quantitative estimate of drug-likeness (QED) is 0.791. The number of aromatic hydroxyl groups is 1. The number of phenolic OH excluding ortho intramolecular Hbond substituents is 1. The van der Waals surface area contributed by atoms with E-state index in [1.54, 1.807) is 36.0 Å². The maximum absolute atomic E-state index is 12.7. The molecule has 2 aromatic carbocycles. The van der Waals surface area contributed by atoms with E-state index < -0.39 is 0 Å². The maximum Gasteiger partial charge on any atom is 0.324 e. The lowest BCUT2D eigenvalue weighted by Crippen LogP contribution is -2.49. The fourth-order valence-electron chi connectivity index (χ4n) is 3.65. The molecule has 0 aromatic heterocycles. The van der Waals surface area contributed by atoms with E-state index in [1.165, 1.54) is 0 Å². The number of nitrogens with zero attached hydrogens (tertiary/aromatic N) is 4. The van der Waals surface area contributed by atoms with E-state index in [4.69, 9.17) is 5.73 Å². The number of carbonyl (C=O) groups excluding carboxylic acids is 1. The predicted octanol–water partition coefficient (Wildman–Crippen LogP) is 2.94. The second-order valence-electron chi connectivity index (χ2n) is 8.06. The number of benzene rings is 2. The fourth-order valence-corrected chi connectivity index (χ4v) is 3.65. The van der Waals surface area contributed by atoms with Gasteiger partial charge in [0.15, 0.2) is 0 Å². The molecule has 2 unspecified atom stereocenters. The van der Waals surface area contributed by atoms with Crippen molar-refractivity contribution in [2.45, 2.75) is 25.9 Å². The second kappa shape index (κ2) is 9.26. The molecule has 2 atom stereocenters. The van der Waals surface area contributed by atoms with Crippen molar-refractivity contribution in [3.05, 3.63) is 48.5 Å². The Balaban J connectivity index is 1.59. The summed E-state index contributed by atoms with van der Waals surface area (Å²) in [6, 6.07) is 15.3. The molecule has 30 heavy (non-hydrogen) atoms. The molecule has 7 nitrogen and oxygen atoms in total. The number of nitrogens with two attached hydrogens (primary N) is 1. The van der Waals surface area contributed by atoms with Gasteiger partial charge in [-0.3, -0.25) is 4.90 Å². The van der Waals surface area contributed by atoms with Crippen molar-refractivity contribution in [3.63, 3.8) is 0 Å². The lowest BCUT2D eigenvalue weighted by atomic mass is 10.1. The fraction of sp³-hybridized carbons (Fsp3) is 0.435. The van der Waals surface area contributed by atoms with E-state index in [9.17, 15) is 9.90 Å². The molecule has 1 aliphatic rings. The van der Waals surface area contributed by atoms with Crippen LogP contribution in [0.25, 0.3) is 0 Å². The molecule has 3 N–H and O–H groups in total. The van der Waals surface area contributed by atoms with Crippen LogP contribution in [0.1, 0.15) is 13.8 Å². The Morgan fingerprint density at radius 1 is 0.900 bits per heavy atom. The zero-order valence-corrected chi connectivity index (χ0v) is 18.3. The Morgan fingerprint density at radius 3 is 1.77 bits per heavy atom. The SMILES string of the molecule is CC(N)C(C)N(C)C(=O)N(C)c1ccc(N2CCN(c3ccc(O)cc3)CC2)cc1. The monoisotopic (exact) mass is 411 g/mol. The summed E-state index contributed by atoms with van der Waals surface area (Å²) in [4.78, 5) is 20.8. The van der Waals surface area contributed by atoms with Gasteiger partial charge in [0.05, 0.1) is 0 Å². The molecule has 0 saturated carbocycles. The van der Waals surface area contributed by atoms with E-state index in [0.717, 1.165) is 43.2 Å². The van der Waals surface area contributed by atoms with Gasteiger partial charge in [-0.05, 0) is 62.4 Å². The Labute approximate surface area is 179 Å². The number of carbonyl (C=O) groups is 1. The molecule has 1 heterocycles. The van der Waals surface area contributed by atoms with E-state index in [2.05, 4.69) is 21.9 Å². The largest absolute Gasteiger partial charge is 0.508 e. The van der Waals surface area contributed by atoms with Gasteiger partial charge in [0, 0.05) is 69.4 Å². The van der Waals surface area contributed by atoms with E-state index in [1.807, 2.05) is 38.1 Å². The van der Waals surface area contributed by atoms with Gasteiger partial charge in [-0.15, -0.1) is 0 Å². The summed E-state index contributed by atoms with van der Waals surface area (Å²) < 4.78 is 0. The van der Waals surface area contributed by atoms with Crippen LogP contribution in [0.4, 0.5) is 21.9 Å². The summed E-state index contributed by atoms with van der Waals surface area (Å²) >= 11 is 0. The topological polar surface area (TPSA) is 76.3 Å². The van der Waals surface area contributed by atoms with Crippen molar-refractivity contribution in [1.82, 2.24) is 4.90 Å². The van der Waals surface area contributed by atoms with Gasteiger partial charge in [-0.25, -0.2) is 4.79 Å². The molecule has 1 fully saturated rings. The van der Waals surface area contributed by atoms with Crippen LogP contribution < -0.4 is 20.4 Å². The first-order chi connectivity index (χ1) is 14.3. The van der Waals surface area contributed by atoms with Crippen LogP contribution in [-0.4, -0.2) is 68.4 Å². The molecule has 2 amide bonds. The zero-order chi connectivity index (χ0) is 21.8. The molecule has 7 heteroatoms. The van der Waals surface area contributed by atoms with Gasteiger partial charge in [-0.2, -0.15) is 0 Å². The lowest BCUT2D eigenvalue weighted by molar-refractivity contribution is 0.195. The molecule has 0 radical (unpaired) electrons. The number of urea groups is 1. The number of rotatable bonds is 5. The third-order valence-electron chi connectivity index (χ3n) is 6.06. The van der Waals surface area contributed by atoms with Crippen molar-refractivity contribution in [2.75, 3.05) is 55.0 Å². The van der Waals surface area contributed by atoms with Gasteiger partial charge in [0.1, 0.15) is 5.75 Å². The summed E-state index contributed by atoms with van der Waals surface area (Å²) in [5, 5.41) is 9.46. The molecule has 1 saturated heterocycles. The molecule has 1 aliphatic heterocycles. The average Bonchev–Trinajstić information content (AvgIpc) is 2.77. The van der Waals surface area contributed by atoms with Gasteiger partial charge >= 0.3 is 6.03 Å². The Kier molecular flexibility index (Phi) is 6.72. The van der Waals surface area contributed by atoms with Crippen LogP contribution in [0.2, 0.25) is 0 Å². The van der Waals surface area contributed by atoms with Crippen LogP contribution in [0.15, 0.2) is 48.5 Å². The molecule has 162 valence electrons. The molecular weight excluding hydrogens is 378 g/mol. The first kappa shape index (κ1) is 21.8. The standard InChI is InChI=1S/C23H33N5O2/c1-17(24)18(2)25(3)23(30)26(4)19-5-7-20(8-6-19)27-13-15-28(16-14-27)21-9-11-22(29)12-10-21/h5-12,17-18,29H,13-16,24H2,1-4H3. The normalized spacial score (nSPS) is 16.2. The summed E-state index contributed by atoms with van der Waals surface area (Å²) in [6.45, 7) is 7.55. The lowest BCUT2D eigenvalue weighted by Gasteiger charge is -2.37. The van der Waals surface area contributed by atoms with Gasteiger partial charge in [0.25, 0.3) is 0 Å². The Hall–Kier alpha value is -2.93. The zero-order valence-electron chi connectivity index (χ0n) is 18.3. The number of phenols is 1. The molecule has 0 aliphatic carbocycles. The van der Waals surface area contributed by atoms with Crippen LogP contribution in [0.3, 0.4) is 0 Å². The first-order valence-corrected chi connectivity index (χ1v) is 10.4. The minimum atomic E-state index is -0.0880. The third-order valence-corrected chi connectivity index (χ3v) is 6.06. The minimum Gasteiger partial charge on any atom is -0.508 e. The summed E-state index contributed by atoms with van der Waals surface area (Å²) in [5.74, 6) is 0.291. The third kappa shape index (κ3) is 4.79. The minimum absolute atomic E-state index is 0.0379. The average molecular weight is 412 g/mol. The van der Waals surface area contributed by atoms with Crippen LogP contribution in [0.5, 0.6) is 5.75 Å².